The molecule has 2 aromatic carbocycles. The number of carbonyl (C=O) groups excluding carboxylic acids is 1. The highest BCUT2D eigenvalue weighted by atomic mass is 16.2. The number of hydrogen-bond donors (Lipinski definition) is 1. The van der Waals surface area contributed by atoms with Gasteiger partial charge in [-0.1, -0.05) is 24.3 Å². The number of carbonyl (C=O) groups is 1. The average Bonchev–Trinajstić information content (AvgIpc) is 2.76. The van der Waals surface area contributed by atoms with E-state index in [0.717, 1.165) is 18.7 Å². The summed E-state index contributed by atoms with van der Waals surface area (Å²) in [5.41, 5.74) is 2.75. The largest absolute Gasteiger partial charge is 0.372 e. The van der Waals surface area contributed by atoms with Gasteiger partial charge in [-0.2, -0.15) is 0 Å². The Morgan fingerprint density at radius 3 is 2.52 bits per heavy atom. The molecule has 0 saturated carbocycles. The minimum absolute atomic E-state index is 0.0334. The van der Waals surface area contributed by atoms with Gasteiger partial charge in [0.05, 0.1) is 10.9 Å². The summed E-state index contributed by atoms with van der Waals surface area (Å²) in [6, 6.07) is 15.5. The predicted molar refractivity (Wildman–Crippen MR) is 115 cm³/mol. The van der Waals surface area contributed by atoms with E-state index in [9.17, 15) is 9.59 Å². The molecular formula is C23H26N4O2. The number of para-hydroxylation sites is 1. The van der Waals surface area contributed by atoms with E-state index in [2.05, 4.69) is 39.5 Å². The Balaban J connectivity index is 1.39. The summed E-state index contributed by atoms with van der Waals surface area (Å²) in [5, 5.41) is 3.44. The molecule has 1 saturated heterocycles. The van der Waals surface area contributed by atoms with Gasteiger partial charge in [0.1, 0.15) is 12.4 Å². The molecule has 1 aliphatic heterocycles. The number of piperidine rings is 1. The van der Waals surface area contributed by atoms with Crippen LogP contribution in [0, 0.1) is 6.92 Å². The molecule has 150 valence electrons. The van der Waals surface area contributed by atoms with Crippen molar-refractivity contribution in [1.82, 2.24) is 14.9 Å². The molecule has 0 aliphatic carbocycles. The Morgan fingerprint density at radius 2 is 1.76 bits per heavy atom. The highest BCUT2D eigenvalue weighted by Gasteiger charge is 2.12. The molecule has 1 N–H and O–H groups in total. The van der Waals surface area contributed by atoms with Crippen LogP contribution in [0.15, 0.2) is 53.3 Å². The SMILES string of the molecule is Cc1nc2ccccc2c(=O)n1CC(=O)NCc1ccc(N2CCCCC2)cc1. The zero-order valence-corrected chi connectivity index (χ0v) is 16.7. The quantitative estimate of drug-likeness (QED) is 0.727. The van der Waals surface area contributed by atoms with Crippen molar-refractivity contribution in [2.24, 2.45) is 0 Å². The first kappa shape index (κ1) is 19.2. The molecule has 1 aliphatic rings. The smallest absolute Gasteiger partial charge is 0.261 e. The van der Waals surface area contributed by atoms with Crippen molar-refractivity contribution in [1.29, 1.82) is 0 Å². The molecule has 1 aromatic heterocycles. The second-order valence-electron chi connectivity index (χ2n) is 7.56. The Bertz CT molecular complexity index is 1070. The van der Waals surface area contributed by atoms with Crippen LogP contribution in [-0.4, -0.2) is 28.5 Å². The topological polar surface area (TPSA) is 67.2 Å². The van der Waals surface area contributed by atoms with E-state index in [4.69, 9.17) is 0 Å². The van der Waals surface area contributed by atoms with Crippen molar-refractivity contribution in [3.63, 3.8) is 0 Å². The first-order valence-corrected chi connectivity index (χ1v) is 10.2. The van der Waals surface area contributed by atoms with Crippen LogP contribution in [0.5, 0.6) is 0 Å². The number of amides is 1. The predicted octanol–water partition coefficient (Wildman–Crippen LogP) is 3.01. The van der Waals surface area contributed by atoms with Gasteiger partial charge in [-0.05, 0) is 56.0 Å². The maximum atomic E-state index is 12.7. The number of hydrogen-bond acceptors (Lipinski definition) is 4. The third kappa shape index (κ3) is 4.31. The van der Waals surface area contributed by atoms with Crippen molar-refractivity contribution in [2.45, 2.75) is 39.3 Å². The number of anilines is 1. The molecule has 4 rings (SSSR count). The lowest BCUT2D eigenvalue weighted by molar-refractivity contribution is -0.121. The van der Waals surface area contributed by atoms with E-state index in [-0.39, 0.29) is 18.0 Å². The van der Waals surface area contributed by atoms with Gasteiger partial charge in [0.2, 0.25) is 5.91 Å². The Hall–Kier alpha value is -3.15. The highest BCUT2D eigenvalue weighted by molar-refractivity contribution is 5.79. The third-order valence-corrected chi connectivity index (χ3v) is 5.50. The fourth-order valence-electron chi connectivity index (χ4n) is 3.84. The van der Waals surface area contributed by atoms with E-state index in [0.29, 0.717) is 23.3 Å². The fraction of sp³-hybridized carbons (Fsp3) is 0.348. The normalized spacial score (nSPS) is 14.2. The molecule has 29 heavy (non-hydrogen) atoms. The Labute approximate surface area is 170 Å². The zero-order valence-electron chi connectivity index (χ0n) is 16.7. The molecule has 0 unspecified atom stereocenters. The van der Waals surface area contributed by atoms with E-state index in [1.165, 1.54) is 29.5 Å². The van der Waals surface area contributed by atoms with Gasteiger partial charge >= 0.3 is 0 Å². The standard InChI is InChI=1S/C23H26N4O2/c1-17-25-21-8-4-3-7-20(21)23(29)27(17)16-22(28)24-15-18-9-11-19(12-10-18)26-13-5-2-6-14-26/h3-4,7-12H,2,5-6,13-16H2,1H3,(H,24,28). The monoisotopic (exact) mass is 390 g/mol. The van der Waals surface area contributed by atoms with Gasteiger partial charge in [-0.3, -0.25) is 14.2 Å². The number of aryl methyl sites for hydroxylation is 1. The van der Waals surface area contributed by atoms with E-state index in [1.807, 2.05) is 12.1 Å². The number of aromatic nitrogens is 2. The molecule has 6 nitrogen and oxygen atoms in total. The number of nitrogens with zero attached hydrogens (tertiary/aromatic N) is 3. The number of rotatable bonds is 5. The molecule has 0 radical (unpaired) electrons. The molecule has 2 heterocycles. The molecule has 0 spiro atoms. The maximum Gasteiger partial charge on any atom is 0.261 e. The average molecular weight is 390 g/mol. The van der Waals surface area contributed by atoms with Crippen molar-refractivity contribution < 1.29 is 4.79 Å². The summed E-state index contributed by atoms with van der Waals surface area (Å²) in [6.45, 7) is 4.39. The zero-order chi connectivity index (χ0) is 20.2. The lowest BCUT2D eigenvalue weighted by Crippen LogP contribution is -2.33. The van der Waals surface area contributed by atoms with Crippen LogP contribution in [0.2, 0.25) is 0 Å². The molecule has 6 heteroatoms. The van der Waals surface area contributed by atoms with Crippen molar-refractivity contribution in [3.8, 4) is 0 Å². The van der Waals surface area contributed by atoms with Crippen LogP contribution in [0.25, 0.3) is 10.9 Å². The Kier molecular flexibility index (Phi) is 5.60. The van der Waals surface area contributed by atoms with Crippen molar-refractivity contribution >= 4 is 22.5 Å². The van der Waals surface area contributed by atoms with Gasteiger partial charge in [0, 0.05) is 25.3 Å². The van der Waals surface area contributed by atoms with Gasteiger partial charge in [0.25, 0.3) is 5.56 Å². The van der Waals surface area contributed by atoms with Gasteiger partial charge in [0.15, 0.2) is 0 Å². The summed E-state index contributed by atoms with van der Waals surface area (Å²) >= 11 is 0. The molecule has 0 bridgehead atoms. The van der Waals surface area contributed by atoms with Gasteiger partial charge < -0.3 is 10.2 Å². The molecule has 1 amide bonds. The number of benzene rings is 2. The minimum Gasteiger partial charge on any atom is -0.372 e. The first-order valence-electron chi connectivity index (χ1n) is 10.2. The second kappa shape index (κ2) is 8.47. The first-order chi connectivity index (χ1) is 14.1. The summed E-state index contributed by atoms with van der Waals surface area (Å²) < 4.78 is 1.43. The van der Waals surface area contributed by atoms with Crippen LogP contribution < -0.4 is 15.8 Å². The summed E-state index contributed by atoms with van der Waals surface area (Å²) in [7, 11) is 0. The van der Waals surface area contributed by atoms with E-state index in [1.54, 1.807) is 19.1 Å². The molecule has 0 atom stereocenters. The second-order valence-corrected chi connectivity index (χ2v) is 7.56. The van der Waals surface area contributed by atoms with Gasteiger partial charge in [-0.25, -0.2) is 4.98 Å². The summed E-state index contributed by atoms with van der Waals surface area (Å²) in [5.74, 6) is 0.335. The minimum atomic E-state index is -0.201. The number of nitrogens with one attached hydrogen (secondary N) is 1. The lowest BCUT2D eigenvalue weighted by Gasteiger charge is -2.28. The van der Waals surface area contributed by atoms with E-state index < -0.39 is 0 Å². The lowest BCUT2D eigenvalue weighted by atomic mass is 10.1. The third-order valence-electron chi connectivity index (χ3n) is 5.50. The van der Waals surface area contributed by atoms with Gasteiger partial charge in [-0.15, -0.1) is 0 Å². The van der Waals surface area contributed by atoms with Crippen molar-refractivity contribution in [2.75, 3.05) is 18.0 Å². The maximum absolute atomic E-state index is 12.7. The number of fused-ring (bicyclic) bond motifs is 1. The van der Waals surface area contributed by atoms with Crippen LogP contribution in [-0.2, 0) is 17.9 Å². The fourth-order valence-corrected chi connectivity index (χ4v) is 3.84. The Morgan fingerprint density at radius 1 is 1.03 bits per heavy atom. The van der Waals surface area contributed by atoms with E-state index >= 15 is 0 Å². The van der Waals surface area contributed by atoms with Crippen LogP contribution in [0.3, 0.4) is 0 Å². The highest BCUT2D eigenvalue weighted by Crippen LogP contribution is 2.20. The van der Waals surface area contributed by atoms with Crippen LogP contribution >= 0.6 is 0 Å². The summed E-state index contributed by atoms with van der Waals surface area (Å²) in [4.78, 5) is 32.0. The van der Waals surface area contributed by atoms with Crippen molar-refractivity contribution in [3.05, 3.63) is 70.3 Å². The summed E-state index contributed by atoms with van der Waals surface area (Å²) in [6.07, 6.45) is 3.82. The van der Waals surface area contributed by atoms with Crippen LogP contribution in [0.1, 0.15) is 30.7 Å². The molecule has 3 aromatic rings. The molecular weight excluding hydrogens is 364 g/mol. The van der Waals surface area contributed by atoms with Crippen LogP contribution in [0.4, 0.5) is 5.69 Å². The molecule has 1 fully saturated rings.